The zero-order valence-electron chi connectivity index (χ0n) is 14.4. The number of benzene rings is 2. The Kier molecular flexibility index (Phi) is 5.22. The van der Waals surface area contributed by atoms with Crippen molar-refractivity contribution < 1.29 is 32.3 Å². The molecule has 0 saturated carbocycles. The van der Waals surface area contributed by atoms with Gasteiger partial charge in [-0.1, -0.05) is 12.1 Å². The lowest BCUT2D eigenvalue weighted by molar-refractivity contribution is -0.137. The third kappa shape index (κ3) is 4.21. The van der Waals surface area contributed by atoms with E-state index < -0.39 is 46.5 Å². The summed E-state index contributed by atoms with van der Waals surface area (Å²) in [5.74, 6) is -2.89. The number of allylic oxidation sites excluding steroid dienone is 1. The Balaban J connectivity index is 1.76. The lowest BCUT2D eigenvalue weighted by Crippen LogP contribution is -2.27. The molecule has 8 heteroatoms. The van der Waals surface area contributed by atoms with Gasteiger partial charge in [0.05, 0.1) is 5.56 Å². The summed E-state index contributed by atoms with van der Waals surface area (Å²) in [6, 6.07) is 9.23. The zero-order valence-corrected chi connectivity index (χ0v) is 14.4. The summed E-state index contributed by atoms with van der Waals surface area (Å²) < 4.78 is 50.9. The van der Waals surface area contributed by atoms with Crippen molar-refractivity contribution in [1.29, 1.82) is 0 Å². The molecule has 1 amide bonds. The molecule has 0 spiro atoms. The molecular weight excluding hydrogens is 378 g/mol. The number of Topliss-reactive ketones (excluding diaryl/α,β-unsaturated/α-hetero) is 1. The molecule has 0 aliphatic heterocycles. The second-order valence-electron chi connectivity index (χ2n) is 6.43. The lowest BCUT2D eigenvalue weighted by Gasteiger charge is -2.23. The zero-order chi connectivity index (χ0) is 20.5. The number of aliphatic hydroxyl groups excluding tert-OH is 1. The molecule has 4 nitrogen and oxygen atoms in total. The monoisotopic (exact) mass is 393 g/mol. The topological polar surface area (TPSA) is 66.4 Å². The molecular formula is C20H15F4NO3. The molecule has 0 bridgehead atoms. The van der Waals surface area contributed by atoms with Crippen molar-refractivity contribution in [3.63, 3.8) is 0 Å². The normalized spacial score (nSPS) is 17.6. The molecule has 0 saturated heterocycles. The van der Waals surface area contributed by atoms with Crippen LogP contribution in [0, 0.1) is 5.82 Å². The van der Waals surface area contributed by atoms with Gasteiger partial charge in [0.2, 0.25) is 0 Å². The molecule has 3 rings (SSSR count). The van der Waals surface area contributed by atoms with Gasteiger partial charge in [-0.15, -0.1) is 0 Å². The molecule has 1 aliphatic carbocycles. The average molecular weight is 393 g/mol. The Morgan fingerprint density at radius 1 is 1.00 bits per heavy atom. The van der Waals surface area contributed by atoms with Gasteiger partial charge in [0.1, 0.15) is 17.1 Å². The maximum atomic E-state index is 12.9. The van der Waals surface area contributed by atoms with Crippen molar-refractivity contribution in [2.75, 3.05) is 5.32 Å². The van der Waals surface area contributed by atoms with Crippen molar-refractivity contribution in [3.8, 4) is 0 Å². The second kappa shape index (κ2) is 7.46. The molecule has 1 unspecified atom stereocenters. The number of ketones is 1. The van der Waals surface area contributed by atoms with Gasteiger partial charge in [0, 0.05) is 18.5 Å². The van der Waals surface area contributed by atoms with E-state index in [2.05, 4.69) is 5.32 Å². The van der Waals surface area contributed by atoms with Crippen LogP contribution in [0.1, 0.15) is 29.9 Å². The van der Waals surface area contributed by atoms with Crippen molar-refractivity contribution in [2.24, 2.45) is 0 Å². The van der Waals surface area contributed by atoms with Crippen molar-refractivity contribution in [2.45, 2.75) is 24.9 Å². The minimum absolute atomic E-state index is 0.0523. The summed E-state index contributed by atoms with van der Waals surface area (Å²) in [6.07, 6.45) is -4.64. The van der Waals surface area contributed by atoms with E-state index in [1.807, 2.05) is 0 Å². The Hall–Kier alpha value is -3.16. The molecule has 2 N–H and O–H groups in total. The summed E-state index contributed by atoms with van der Waals surface area (Å²) in [4.78, 5) is 24.7. The second-order valence-corrected chi connectivity index (χ2v) is 6.43. The quantitative estimate of drug-likeness (QED) is 0.585. The number of nitrogens with one attached hydrogen (secondary N) is 1. The van der Waals surface area contributed by atoms with E-state index in [9.17, 15) is 32.3 Å². The predicted molar refractivity (Wildman–Crippen MR) is 93.1 cm³/mol. The molecule has 0 fully saturated rings. The lowest BCUT2D eigenvalue weighted by atomic mass is 9.82. The molecule has 1 aliphatic rings. The van der Waals surface area contributed by atoms with Gasteiger partial charge in [0.25, 0.3) is 5.91 Å². The molecule has 0 radical (unpaired) electrons. The van der Waals surface area contributed by atoms with Crippen LogP contribution in [-0.2, 0) is 15.8 Å². The molecule has 2 aromatic carbocycles. The van der Waals surface area contributed by atoms with Crippen LogP contribution in [-0.4, -0.2) is 16.8 Å². The van der Waals surface area contributed by atoms with Crippen LogP contribution in [0.25, 0.3) is 0 Å². The highest BCUT2D eigenvalue weighted by molar-refractivity contribution is 6.24. The third-order valence-corrected chi connectivity index (χ3v) is 4.48. The first-order chi connectivity index (χ1) is 13.1. The van der Waals surface area contributed by atoms with E-state index in [-0.39, 0.29) is 18.5 Å². The number of halogens is 4. The van der Waals surface area contributed by atoms with Gasteiger partial charge in [-0.05, 0) is 47.9 Å². The highest BCUT2D eigenvalue weighted by Gasteiger charge is 2.34. The first kappa shape index (κ1) is 19.6. The molecule has 1 atom stereocenters. The fourth-order valence-corrected chi connectivity index (χ4v) is 3.06. The Morgan fingerprint density at radius 3 is 2.14 bits per heavy atom. The van der Waals surface area contributed by atoms with Gasteiger partial charge in [-0.3, -0.25) is 9.59 Å². The van der Waals surface area contributed by atoms with E-state index in [0.29, 0.717) is 5.56 Å². The van der Waals surface area contributed by atoms with Crippen molar-refractivity contribution in [1.82, 2.24) is 0 Å². The minimum atomic E-state index is -4.46. The number of anilines is 1. The average Bonchev–Trinajstić information content (AvgIpc) is 2.62. The number of hydrogen-bond acceptors (Lipinski definition) is 3. The smallest absolute Gasteiger partial charge is 0.416 e. The molecule has 2 aromatic rings. The fourth-order valence-electron chi connectivity index (χ4n) is 3.06. The summed E-state index contributed by atoms with van der Waals surface area (Å²) in [5.41, 5.74) is -0.486. The number of amides is 1. The number of hydrogen-bond donors (Lipinski definition) is 2. The number of carbonyl (C=O) groups is 2. The summed E-state index contributed by atoms with van der Waals surface area (Å²) in [7, 11) is 0. The molecule has 0 heterocycles. The summed E-state index contributed by atoms with van der Waals surface area (Å²) in [5, 5.41) is 12.6. The van der Waals surface area contributed by atoms with Gasteiger partial charge in [-0.25, -0.2) is 4.39 Å². The van der Waals surface area contributed by atoms with Crippen LogP contribution in [0.3, 0.4) is 0 Å². The fraction of sp³-hybridized carbons (Fsp3) is 0.200. The van der Waals surface area contributed by atoms with Gasteiger partial charge in [0.15, 0.2) is 5.78 Å². The van der Waals surface area contributed by atoms with Gasteiger partial charge < -0.3 is 10.4 Å². The third-order valence-electron chi connectivity index (χ3n) is 4.48. The molecule has 0 aromatic heterocycles. The Morgan fingerprint density at radius 2 is 1.61 bits per heavy atom. The van der Waals surface area contributed by atoms with Gasteiger partial charge in [-0.2, -0.15) is 13.2 Å². The summed E-state index contributed by atoms with van der Waals surface area (Å²) in [6.45, 7) is 0. The van der Waals surface area contributed by atoms with Crippen LogP contribution < -0.4 is 5.32 Å². The van der Waals surface area contributed by atoms with E-state index in [4.69, 9.17) is 0 Å². The maximum Gasteiger partial charge on any atom is 0.416 e. The number of rotatable bonds is 3. The highest BCUT2D eigenvalue weighted by Crippen LogP contribution is 2.36. The first-order valence-electron chi connectivity index (χ1n) is 8.34. The van der Waals surface area contributed by atoms with Crippen LogP contribution >= 0.6 is 0 Å². The van der Waals surface area contributed by atoms with Crippen molar-refractivity contribution in [3.05, 3.63) is 76.8 Å². The van der Waals surface area contributed by atoms with Crippen LogP contribution in [0.5, 0.6) is 0 Å². The Bertz CT molecular complexity index is 931. The van der Waals surface area contributed by atoms with E-state index in [0.717, 1.165) is 24.3 Å². The van der Waals surface area contributed by atoms with E-state index in [1.54, 1.807) is 0 Å². The van der Waals surface area contributed by atoms with E-state index in [1.165, 1.54) is 24.3 Å². The first-order valence-corrected chi connectivity index (χ1v) is 8.34. The van der Waals surface area contributed by atoms with Crippen molar-refractivity contribution >= 4 is 17.4 Å². The maximum absolute atomic E-state index is 12.9. The van der Waals surface area contributed by atoms with Crippen LogP contribution in [0.15, 0.2) is 59.9 Å². The molecule has 146 valence electrons. The standard InChI is InChI=1S/C20H15F4NO3/c21-14-5-7-15(8-6-14)25-19(28)18-16(26)9-12(10-17(18)27)11-1-3-13(4-2-11)20(22,23)24/h1-8,12,26H,9-10H2,(H,25,28). The van der Waals surface area contributed by atoms with Crippen LogP contribution in [0.2, 0.25) is 0 Å². The van der Waals surface area contributed by atoms with Gasteiger partial charge >= 0.3 is 6.18 Å². The highest BCUT2D eigenvalue weighted by atomic mass is 19.4. The number of carbonyl (C=O) groups excluding carboxylic acids is 2. The Labute approximate surface area is 157 Å². The predicted octanol–water partition coefficient (Wildman–Crippen LogP) is 4.74. The number of aliphatic hydroxyl groups is 1. The summed E-state index contributed by atoms with van der Waals surface area (Å²) >= 11 is 0. The van der Waals surface area contributed by atoms with E-state index >= 15 is 0 Å². The number of alkyl halides is 3. The largest absolute Gasteiger partial charge is 0.511 e. The van der Waals surface area contributed by atoms with Crippen LogP contribution in [0.4, 0.5) is 23.2 Å². The molecule has 28 heavy (non-hydrogen) atoms. The SMILES string of the molecule is O=C1CC(c2ccc(C(F)(F)F)cc2)CC(O)=C1C(=O)Nc1ccc(F)cc1. The minimum Gasteiger partial charge on any atom is -0.511 e.